The van der Waals surface area contributed by atoms with Crippen molar-refractivity contribution in [3.05, 3.63) is 52.1 Å². The minimum absolute atomic E-state index is 0.505. The number of hydrogen-bond acceptors (Lipinski definition) is 1. The molecule has 0 bridgehead atoms. The zero-order valence-corrected chi connectivity index (χ0v) is 9.76. The molecule has 2 rings (SSSR count). The van der Waals surface area contributed by atoms with E-state index in [0.717, 1.165) is 16.8 Å². The monoisotopic (exact) mass is 247 g/mol. The van der Waals surface area contributed by atoms with Crippen LogP contribution in [0, 0.1) is 12.3 Å². The van der Waals surface area contributed by atoms with Crippen molar-refractivity contribution in [1.82, 2.24) is 4.98 Å². The minimum Gasteiger partial charge on any atom is -0.255 e. The molecule has 0 radical (unpaired) electrons. The molecule has 0 fully saturated rings. The van der Waals surface area contributed by atoms with E-state index in [1.54, 1.807) is 12.3 Å². The van der Waals surface area contributed by atoms with Gasteiger partial charge in [-0.3, -0.25) is 4.98 Å². The molecule has 1 nitrogen and oxygen atoms in total. The average molecular weight is 248 g/mol. The molecule has 0 aliphatic heterocycles. The number of rotatable bonds is 1. The number of terminal acetylenes is 1. The molecule has 0 aliphatic carbocycles. The van der Waals surface area contributed by atoms with E-state index in [4.69, 9.17) is 29.6 Å². The third-order valence-electron chi connectivity index (χ3n) is 2.16. The summed E-state index contributed by atoms with van der Waals surface area (Å²) in [5, 5.41) is 1.02. The van der Waals surface area contributed by atoms with Crippen molar-refractivity contribution >= 4 is 23.2 Å². The van der Waals surface area contributed by atoms with Crippen molar-refractivity contribution in [2.24, 2.45) is 0 Å². The Balaban J connectivity index is 2.51. The molecule has 0 amide bonds. The smallest absolute Gasteiger partial charge is 0.0718 e. The molecular formula is C13H7Cl2N. The van der Waals surface area contributed by atoms with E-state index in [2.05, 4.69) is 10.9 Å². The Bertz CT molecular complexity index is 553. The van der Waals surface area contributed by atoms with Gasteiger partial charge >= 0.3 is 0 Å². The molecule has 0 aliphatic rings. The predicted octanol–water partition coefficient (Wildman–Crippen LogP) is 4.04. The largest absolute Gasteiger partial charge is 0.255 e. The molecule has 1 heterocycles. The summed E-state index contributed by atoms with van der Waals surface area (Å²) in [6.07, 6.45) is 6.89. The van der Waals surface area contributed by atoms with E-state index in [-0.39, 0.29) is 0 Å². The van der Waals surface area contributed by atoms with Gasteiger partial charge in [-0.2, -0.15) is 0 Å². The van der Waals surface area contributed by atoms with Crippen LogP contribution in [0.5, 0.6) is 0 Å². The molecule has 1 aromatic carbocycles. The maximum atomic E-state index is 6.09. The Morgan fingerprint density at radius 2 is 1.94 bits per heavy atom. The topological polar surface area (TPSA) is 12.9 Å². The fraction of sp³-hybridized carbons (Fsp3) is 0. The van der Waals surface area contributed by atoms with Gasteiger partial charge in [0.2, 0.25) is 0 Å². The van der Waals surface area contributed by atoms with Crippen LogP contribution in [0.25, 0.3) is 11.3 Å². The van der Waals surface area contributed by atoms with Crippen LogP contribution in [0.15, 0.2) is 36.5 Å². The first kappa shape index (κ1) is 11.0. The quantitative estimate of drug-likeness (QED) is 0.694. The van der Waals surface area contributed by atoms with Crippen molar-refractivity contribution in [1.29, 1.82) is 0 Å². The molecule has 0 spiro atoms. The maximum absolute atomic E-state index is 6.09. The number of pyridine rings is 1. The average Bonchev–Trinajstić information content (AvgIpc) is 2.33. The van der Waals surface area contributed by atoms with E-state index in [9.17, 15) is 0 Å². The Kier molecular flexibility index (Phi) is 3.14. The van der Waals surface area contributed by atoms with Gasteiger partial charge in [0.05, 0.1) is 15.7 Å². The van der Waals surface area contributed by atoms with Crippen molar-refractivity contribution < 1.29 is 0 Å². The molecule has 1 aromatic heterocycles. The summed E-state index contributed by atoms with van der Waals surface area (Å²) in [5.74, 6) is 2.51. The number of halogens is 2. The lowest BCUT2D eigenvalue weighted by Gasteiger charge is -2.04. The van der Waals surface area contributed by atoms with Crippen LogP contribution in [0.1, 0.15) is 5.56 Å². The van der Waals surface area contributed by atoms with Gasteiger partial charge < -0.3 is 0 Å². The van der Waals surface area contributed by atoms with Gasteiger partial charge in [0.25, 0.3) is 0 Å². The molecule has 0 N–H and O–H groups in total. The molecular weight excluding hydrogens is 241 g/mol. The summed E-state index contributed by atoms with van der Waals surface area (Å²) in [6.45, 7) is 0. The Labute approximate surface area is 104 Å². The highest BCUT2D eigenvalue weighted by Crippen LogP contribution is 2.32. The minimum atomic E-state index is 0.505. The molecule has 0 atom stereocenters. The van der Waals surface area contributed by atoms with Crippen LogP contribution >= 0.6 is 23.2 Å². The first-order chi connectivity index (χ1) is 7.72. The zero-order chi connectivity index (χ0) is 11.5. The number of aromatic nitrogens is 1. The van der Waals surface area contributed by atoms with Crippen molar-refractivity contribution in [3.8, 4) is 23.6 Å². The highest BCUT2D eigenvalue weighted by molar-refractivity contribution is 6.43. The first-order valence-electron chi connectivity index (χ1n) is 4.59. The van der Waals surface area contributed by atoms with Gasteiger partial charge in [0, 0.05) is 17.3 Å². The van der Waals surface area contributed by atoms with Gasteiger partial charge in [-0.05, 0) is 18.2 Å². The summed E-state index contributed by atoms with van der Waals surface area (Å²) >= 11 is 12.0. The van der Waals surface area contributed by atoms with Gasteiger partial charge in [0.1, 0.15) is 0 Å². The fourth-order valence-electron chi connectivity index (χ4n) is 1.34. The van der Waals surface area contributed by atoms with Crippen LogP contribution in [-0.2, 0) is 0 Å². The molecule has 0 saturated carbocycles. The number of nitrogens with zero attached hydrogens (tertiary/aromatic N) is 1. The molecule has 0 unspecified atom stereocenters. The maximum Gasteiger partial charge on any atom is 0.0718 e. The summed E-state index contributed by atoms with van der Waals surface area (Å²) < 4.78 is 0. The van der Waals surface area contributed by atoms with Crippen molar-refractivity contribution in [2.45, 2.75) is 0 Å². The lowest BCUT2D eigenvalue weighted by Crippen LogP contribution is -1.86. The van der Waals surface area contributed by atoms with Crippen LogP contribution in [0.4, 0.5) is 0 Å². The molecule has 0 saturated heterocycles. The van der Waals surface area contributed by atoms with Crippen molar-refractivity contribution in [2.75, 3.05) is 0 Å². The Hall–Kier alpha value is -1.49. The standard InChI is InChI=1S/C13H7Cl2N/c1-2-9-6-7-12(16-8-9)10-4-3-5-11(14)13(10)15/h1,3-8H. The van der Waals surface area contributed by atoms with Crippen LogP contribution in [0.2, 0.25) is 10.0 Å². The second kappa shape index (κ2) is 4.57. The third-order valence-corrected chi connectivity index (χ3v) is 2.98. The summed E-state index contributed by atoms with van der Waals surface area (Å²) in [7, 11) is 0. The predicted molar refractivity (Wildman–Crippen MR) is 67.6 cm³/mol. The van der Waals surface area contributed by atoms with E-state index in [1.807, 2.05) is 24.3 Å². The van der Waals surface area contributed by atoms with E-state index >= 15 is 0 Å². The number of hydrogen-bond donors (Lipinski definition) is 0. The highest BCUT2D eigenvalue weighted by atomic mass is 35.5. The lowest BCUT2D eigenvalue weighted by atomic mass is 10.1. The summed E-state index contributed by atoms with van der Waals surface area (Å²) in [4.78, 5) is 4.24. The summed E-state index contributed by atoms with van der Waals surface area (Å²) in [6, 6.07) is 9.09. The molecule has 78 valence electrons. The normalized spacial score (nSPS) is 9.81. The molecule has 3 heteroatoms. The first-order valence-corrected chi connectivity index (χ1v) is 5.35. The SMILES string of the molecule is C#Cc1ccc(-c2cccc(Cl)c2Cl)nc1. The van der Waals surface area contributed by atoms with Gasteiger partial charge in [0.15, 0.2) is 0 Å². The van der Waals surface area contributed by atoms with Gasteiger partial charge in [-0.25, -0.2) is 0 Å². The highest BCUT2D eigenvalue weighted by Gasteiger charge is 2.07. The van der Waals surface area contributed by atoms with E-state index in [0.29, 0.717) is 10.0 Å². The fourth-order valence-corrected chi connectivity index (χ4v) is 1.74. The third kappa shape index (κ3) is 2.04. The van der Waals surface area contributed by atoms with E-state index in [1.165, 1.54) is 0 Å². The Morgan fingerprint density at radius 3 is 2.56 bits per heavy atom. The van der Waals surface area contributed by atoms with Crippen LogP contribution in [0.3, 0.4) is 0 Å². The van der Waals surface area contributed by atoms with Gasteiger partial charge in [-0.15, -0.1) is 6.42 Å². The second-order valence-electron chi connectivity index (χ2n) is 3.18. The lowest BCUT2D eigenvalue weighted by molar-refractivity contribution is 1.31. The second-order valence-corrected chi connectivity index (χ2v) is 3.96. The number of benzene rings is 1. The summed E-state index contributed by atoms with van der Waals surface area (Å²) in [5.41, 5.74) is 2.30. The molecule has 16 heavy (non-hydrogen) atoms. The van der Waals surface area contributed by atoms with E-state index < -0.39 is 0 Å². The molecule has 2 aromatic rings. The van der Waals surface area contributed by atoms with Crippen molar-refractivity contribution in [3.63, 3.8) is 0 Å². The van der Waals surface area contributed by atoms with Gasteiger partial charge in [-0.1, -0.05) is 41.3 Å². The zero-order valence-electron chi connectivity index (χ0n) is 8.24. The van der Waals surface area contributed by atoms with Crippen LogP contribution in [-0.4, -0.2) is 4.98 Å². The Morgan fingerprint density at radius 1 is 1.12 bits per heavy atom. The van der Waals surface area contributed by atoms with Crippen LogP contribution < -0.4 is 0 Å².